The fraction of sp³-hybridized carbons (Fsp3) is 0.526. The smallest absolute Gasteiger partial charge is 0.134 e. The molecule has 22 heavy (non-hydrogen) atoms. The van der Waals surface area contributed by atoms with Gasteiger partial charge in [0.25, 0.3) is 0 Å². The summed E-state index contributed by atoms with van der Waals surface area (Å²) in [7, 11) is 0. The molecule has 0 amide bonds. The normalized spacial score (nSPS) is 23.2. The van der Waals surface area contributed by atoms with Gasteiger partial charge < -0.3 is 4.84 Å². The topological polar surface area (TPSA) is 21.6 Å². The van der Waals surface area contributed by atoms with Gasteiger partial charge in [-0.1, -0.05) is 42.1 Å². The van der Waals surface area contributed by atoms with Crippen LogP contribution in [0.25, 0.3) is 0 Å². The summed E-state index contributed by atoms with van der Waals surface area (Å²) in [5.41, 5.74) is 3.63. The molecule has 2 aliphatic rings. The fourth-order valence-electron chi connectivity index (χ4n) is 2.61. The van der Waals surface area contributed by atoms with Gasteiger partial charge in [0.2, 0.25) is 0 Å². The van der Waals surface area contributed by atoms with Gasteiger partial charge in [0, 0.05) is 29.6 Å². The second kappa shape index (κ2) is 7.74. The Hall–Kier alpha value is -1.40. The van der Waals surface area contributed by atoms with E-state index in [0.717, 1.165) is 37.8 Å². The average molecular weight is 315 g/mol. The van der Waals surface area contributed by atoms with Crippen molar-refractivity contribution in [3.05, 3.63) is 36.0 Å². The first kappa shape index (κ1) is 17.0. The average Bonchev–Trinajstić information content (AvgIpc) is 3.01. The predicted octanol–water partition coefficient (Wildman–Crippen LogP) is 4.89. The van der Waals surface area contributed by atoms with Crippen LogP contribution in [-0.2, 0) is 4.84 Å². The van der Waals surface area contributed by atoms with E-state index in [0.29, 0.717) is 0 Å². The summed E-state index contributed by atoms with van der Waals surface area (Å²) in [4.78, 5) is 5.65. The van der Waals surface area contributed by atoms with E-state index in [4.69, 9.17) is 4.84 Å². The van der Waals surface area contributed by atoms with Crippen LogP contribution in [0.5, 0.6) is 0 Å². The molecule has 0 spiro atoms. The van der Waals surface area contributed by atoms with Crippen molar-refractivity contribution in [2.75, 3.05) is 6.26 Å². The highest BCUT2D eigenvalue weighted by atomic mass is 32.2. The second-order valence-electron chi connectivity index (χ2n) is 5.93. The maximum absolute atomic E-state index is 5.65. The summed E-state index contributed by atoms with van der Waals surface area (Å²) in [6, 6.07) is 0. The summed E-state index contributed by atoms with van der Waals surface area (Å²) in [6.45, 7) is 8.22. The van der Waals surface area contributed by atoms with Crippen molar-refractivity contribution < 1.29 is 4.84 Å². The molecule has 118 valence electrons. The Labute approximate surface area is 138 Å². The van der Waals surface area contributed by atoms with Crippen LogP contribution in [0, 0.1) is 11.8 Å². The van der Waals surface area contributed by atoms with Crippen LogP contribution in [0.1, 0.15) is 46.0 Å². The van der Waals surface area contributed by atoms with Crippen LogP contribution in [0.4, 0.5) is 0 Å². The Balaban J connectivity index is 1.95. The quantitative estimate of drug-likeness (QED) is 0.532. The summed E-state index contributed by atoms with van der Waals surface area (Å²) in [6.07, 6.45) is 13.4. The summed E-state index contributed by atoms with van der Waals surface area (Å²) in [5, 5.41) is 4.32. The molecule has 1 aliphatic carbocycles. The van der Waals surface area contributed by atoms with E-state index in [2.05, 4.69) is 55.8 Å². The highest BCUT2D eigenvalue weighted by Gasteiger charge is 2.31. The second-order valence-corrected chi connectivity index (χ2v) is 7.27. The van der Waals surface area contributed by atoms with Gasteiger partial charge in [0.15, 0.2) is 0 Å². The lowest BCUT2D eigenvalue weighted by atomic mass is 9.91. The fourth-order valence-corrected chi connectivity index (χ4v) is 3.13. The molecule has 0 saturated carbocycles. The molecule has 2 nitrogen and oxygen atoms in total. The molecule has 2 rings (SSSR count). The lowest BCUT2D eigenvalue weighted by Crippen LogP contribution is -2.24. The molecule has 0 aromatic heterocycles. The number of oxime groups is 1. The molecule has 0 saturated heterocycles. The number of nitrogens with zero attached hydrogens (tertiary/aromatic N) is 1. The van der Waals surface area contributed by atoms with Gasteiger partial charge in [0.1, 0.15) is 6.10 Å². The molecule has 1 heterocycles. The number of thioether (sulfide) groups is 1. The third-order valence-corrected chi connectivity index (χ3v) is 5.48. The molecule has 2 unspecified atom stereocenters. The largest absolute Gasteiger partial charge is 0.392 e. The molecule has 0 radical (unpaired) electrons. The first-order chi connectivity index (χ1) is 10.6. The van der Waals surface area contributed by atoms with Crippen LogP contribution in [0.2, 0.25) is 0 Å². The maximum atomic E-state index is 5.65. The van der Waals surface area contributed by atoms with Crippen LogP contribution in [0.3, 0.4) is 0 Å². The van der Waals surface area contributed by atoms with E-state index >= 15 is 0 Å². The summed E-state index contributed by atoms with van der Waals surface area (Å²) < 4.78 is 0.0550. The molecule has 1 aliphatic heterocycles. The van der Waals surface area contributed by atoms with E-state index < -0.39 is 0 Å². The lowest BCUT2D eigenvalue weighted by molar-refractivity contribution is 0.0754. The molecule has 0 bridgehead atoms. The predicted molar refractivity (Wildman–Crippen MR) is 97.1 cm³/mol. The third-order valence-electron chi connectivity index (χ3n) is 4.21. The van der Waals surface area contributed by atoms with Crippen LogP contribution in [0.15, 0.2) is 41.1 Å². The minimum Gasteiger partial charge on any atom is -0.392 e. The van der Waals surface area contributed by atoms with Gasteiger partial charge in [-0.25, -0.2) is 0 Å². The van der Waals surface area contributed by atoms with E-state index in [9.17, 15) is 0 Å². The molecular weight excluding hydrogens is 290 g/mol. The van der Waals surface area contributed by atoms with E-state index in [1.807, 2.05) is 17.8 Å². The van der Waals surface area contributed by atoms with Crippen molar-refractivity contribution in [3.63, 3.8) is 0 Å². The Morgan fingerprint density at radius 3 is 2.91 bits per heavy atom. The zero-order valence-corrected chi connectivity index (χ0v) is 14.6. The molecular formula is C19H25NOS. The van der Waals surface area contributed by atoms with E-state index in [1.165, 1.54) is 11.1 Å². The molecule has 0 fully saturated rings. The SMILES string of the molecule is C=CC(C)(CC1CC(C2=CC=C(C#CCC)CC2)=NO1)SC. The van der Waals surface area contributed by atoms with Crippen molar-refractivity contribution >= 4 is 17.5 Å². The van der Waals surface area contributed by atoms with Crippen molar-refractivity contribution in [1.29, 1.82) is 0 Å². The Bertz CT molecular complexity index is 576. The monoisotopic (exact) mass is 315 g/mol. The zero-order chi connectivity index (χ0) is 16.0. The van der Waals surface area contributed by atoms with E-state index in [-0.39, 0.29) is 10.9 Å². The highest BCUT2D eigenvalue weighted by molar-refractivity contribution is 8.00. The van der Waals surface area contributed by atoms with Gasteiger partial charge in [-0.15, -0.1) is 6.58 Å². The third kappa shape index (κ3) is 4.30. The Kier molecular flexibility index (Phi) is 5.97. The van der Waals surface area contributed by atoms with Gasteiger partial charge in [0.05, 0.1) is 5.71 Å². The first-order valence-corrected chi connectivity index (χ1v) is 9.13. The van der Waals surface area contributed by atoms with Crippen LogP contribution < -0.4 is 0 Å². The van der Waals surface area contributed by atoms with Crippen molar-refractivity contribution in [2.24, 2.45) is 5.16 Å². The zero-order valence-electron chi connectivity index (χ0n) is 13.8. The number of hydrogen-bond acceptors (Lipinski definition) is 3. The summed E-state index contributed by atoms with van der Waals surface area (Å²) >= 11 is 1.82. The lowest BCUT2D eigenvalue weighted by Gasteiger charge is -2.25. The Morgan fingerprint density at radius 2 is 2.32 bits per heavy atom. The van der Waals surface area contributed by atoms with Crippen molar-refractivity contribution in [2.45, 2.75) is 56.8 Å². The highest BCUT2D eigenvalue weighted by Crippen LogP contribution is 2.34. The van der Waals surface area contributed by atoms with Gasteiger partial charge in [-0.3, -0.25) is 0 Å². The first-order valence-electron chi connectivity index (χ1n) is 7.90. The van der Waals surface area contributed by atoms with Crippen molar-refractivity contribution in [3.8, 4) is 11.8 Å². The van der Waals surface area contributed by atoms with Gasteiger partial charge in [-0.05, 0) is 31.6 Å². The molecule has 0 N–H and O–H groups in total. The minimum absolute atomic E-state index is 0.0550. The standard InChI is InChI=1S/C19H25NOS/c1-5-7-8-15-9-11-16(12-10-15)18-13-17(21-20-18)14-19(3,6-2)22-4/h6,9,11,17H,2,5,10,12-14H2,1,3-4H3. The minimum atomic E-state index is 0.0550. The number of rotatable bonds is 5. The van der Waals surface area contributed by atoms with Gasteiger partial charge in [-0.2, -0.15) is 11.8 Å². The van der Waals surface area contributed by atoms with Gasteiger partial charge >= 0.3 is 0 Å². The molecule has 0 aromatic rings. The maximum Gasteiger partial charge on any atom is 0.134 e. The summed E-state index contributed by atoms with van der Waals surface area (Å²) in [5.74, 6) is 6.35. The van der Waals surface area contributed by atoms with E-state index in [1.54, 1.807) is 0 Å². The van der Waals surface area contributed by atoms with Crippen molar-refractivity contribution in [1.82, 2.24) is 0 Å². The van der Waals surface area contributed by atoms with Crippen LogP contribution >= 0.6 is 11.8 Å². The number of hydrogen-bond donors (Lipinski definition) is 0. The van der Waals surface area contributed by atoms with Crippen LogP contribution in [-0.4, -0.2) is 22.8 Å². The molecule has 0 aromatic carbocycles. The number of allylic oxidation sites excluding steroid dienone is 4. The molecule has 3 heteroatoms. The Morgan fingerprint density at radius 1 is 1.50 bits per heavy atom. The molecule has 2 atom stereocenters.